The van der Waals surface area contributed by atoms with Gasteiger partial charge in [0.25, 0.3) is 0 Å². The first-order valence-corrected chi connectivity index (χ1v) is 14.1. The summed E-state index contributed by atoms with van der Waals surface area (Å²) >= 11 is 15.4. The Morgan fingerprint density at radius 1 is 1.28 bits per heavy atom. The number of sulfonamides is 1. The molecule has 9 nitrogen and oxygen atoms in total. The van der Waals surface area contributed by atoms with Gasteiger partial charge in [-0.25, -0.2) is 13.4 Å². The van der Waals surface area contributed by atoms with Crippen molar-refractivity contribution in [2.75, 3.05) is 13.7 Å². The molecule has 192 valence electrons. The average molecular weight is 618 g/mol. The third kappa shape index (κ3) is 5.55. The molecule has 13 heteroatoms. The molecule has 0 fully saturated rings. The van der Waals surface area contributed by atoms with Gasteiger partial charge < -0.3 is 9.47 Å². The van der Waals surface area contributed by atoms with Gasteiger partial charge in [0.2, 0.25) is 15.9 Å². The van der Waals surface area contributed by atoms with Gasteiger partial charge >= 0.3 is 5.97 Å². The van der Waals surface area contributed by atoms with Crippen LogP contribution in [0.2, 0.25) is 10.0 Å². The third-order valence-corrected chi connectivity index (χ3v) is 8.74. The van der Waals surface area contributed by atoms with Crippen LogP contribution >= 0.6 is 39.1 Å². The fraction of sp³-hybridized carbons (Fsp3) is 0.348. The summed E-state index contributed by atoms with van der Waals surface area (Å²) in [4.78, 5) is 16.1. The molecular formula is C23H23BrCl2N4O5S. The number of carbonyl (C=O) groups excluding carboxylic acids is 1. The number of halogens is 3. The first kappa shape index (κ1) is 26.9. The van der Waals surface area contributed by atoms with Gasteiger partial charge in [0, 0.05) is 23.3 Å². The summed E-state index contributed by atoms with van der Waals surface area (Å²) in [5.41, 5.74) is 1.62. The zero-order valence-corrected chi connectivity index (χ0v) is 23.4. The monoisotopic (exact) mass is 616 g/mol. The fourth-order valence-corrected chi connectivity index (χ4v) is 6.43. The van der Waals surface area contributed by atoms with Crippen LogP contribution in [-0.4, -0.2) is 47.1 Å². The van der Waals surface area contributed by atoms with E-state index in [0.29, 0.717) is 33.1 Å². The van der Waals surface area contributed by atoms with Crippen LogP contribution in [0.3, 0.4) is 0 Å². The summed E-state index contributed by atoms with van der Waals surface area (Å²) in [6.45, 7) is 2.01. The van der Waals surface area contributed by atoms with Crippen molar-refractivity contribution in [3.05, 3.63) is 62.4 Å². The topological polar surface area (TPSA) is 104 Å². The van der Waals surface area contributed by atoms with Crippen LogP contribution in [0.5, 0.6) is 11.6 Å². The molecule has 2 heterocycles. The van der Waals surface area contributed by atoms with Crippen molar-refractivity contribution in [2.45, 2.75) is 43.7 Å². The molecule has 0 radical (unpaired) electrons. The van der Waals surface area contributed by atoms with Gasteiger partial charge in [0.1, 0.15) is 17.2 Å². The van der Waals surface area contributed by atoms with E-state index in [1.807, 2.05) is 0 Å². The van der Waals surface area contributed by atoms with Crippen molar-refractivity contribution in [2.24, 2.45) is 0 Å². The molecule has 0 aliphatic heterocycles. The number of esters is 1. The van der Waals surface area contributed by atoms with Gasteiger partial charge in [-0.15, -0.1) is 0 Å². The highest BCUT2D eigenvalue weighted by molar-refractivity contribution is 9.10. The molecule has 1 atom stereocenters. The lowest BCUT2D eigenvalue weighted by Gasteiger charge is -2.30. The largest absolute Gasteiger partial charge is 0.465 e. The van der Waals surface area contributed by atoms with E-state index >= 15 is 0 Å². The average Bonchev–Trinajstić information content (AvgIpc) is 3.24. The maximum atomic E-state index is 13.5. The number of hydrogen-bond acceptors (Lipinski definition) is 7. The molecule has 4 rings (SSSR count). The van der Waals surface area contributed by atoms with E-state index < -0.39 is 16.1 Å². The number of carbonyl (C=O) groups is 1. The quantitative estimate of drug-likeness (QED) is 0.312. The summed E-state index contributed by atoms with van der Waals surface area (Å²) in [5.74, 6) is 0.0993. The predicted molar refractivity (Wildman–Crippen MR) is 138 cm³/mol. The van der Waals surface area contributed by atoms with E-state index in [1.54, 1.807) is 29.9 Å². The minimum absolute atomic E-state index is 0.00235. The first-order chi connectivity index (χ1) is 17.1. The zero-order chi connectivity index (χ0) is 26.0. The van der Waals surface area contributed by atoms with Gasteiger partial charge in [-0.05, 0) is 66.4 Å². The second-order valence-corrected chi connectivity index (χ2v) is 11.8. The van der Waals surface area contributed by atoms with Crippen LogP contribution in [0.15, 0.2) is 46.0 Å². The van der Waals surface area contributed by atoms with E-state index in [0.717, 1.165) is 17.7 Å². The normalized spacial score (nSPS) is 15.6. The van der Waals surface area contributed by atoms with Crippen LogP contribution in [0.1, 0.15) is 37.1 Å². The van der Waals surface area contributed by atoms with Gasteiger partial charge in [-0.3, -0.25) is 9.48 Å². The molecule has 0 spiro atoms. The lowest BCUT2D eigenvalue weighted by Crippen LogP contribution is -2.33. The van der Waals surface area contributed by atoms with Crippen LogP contribution in [0.25, 0.3) is 0 Å². The van der Waals surface area contributed by atoms with Crippen LogP contribution < -0.4 is 4.74 Å². The number of rotatable bonds is 8. The molecule has 3 aromatic rings. The molecule has 1 unspecified atom stereocenters. The first-order valence-electron chi connectivity index (χ1n) is 11.1. The highest BCUT2D eigenvalue weighted by atomic mass is 79.9. The minimum Gasteiger partial charge on any atom is -0.465 e. The SMILES string of the molecule is CCOC(=O)Cn1ncc2c1CCCC2N(C)S(=O)(=O)c1cnc(Oc2ccc(Cl)cc2Cl)c(Br)c1. The van der Waals surface area contributed by atoms with Gasteiger partial charge in [0.15, 0.2) is 0 Å². The number of benzene rings is 1. The summed E-state index contributed by atoms with van der Waals surface area (Å²) < 4.78 is 41.0. The highest BCUT2D eigenvalue weighted by Gasteiger charge is 2.35. The number of nitrogens with zero attached hydrogens (tertiary/aromatic N) is 4. The highest BCUT2D eigenvalue weighted by Crippen LogP contribution is 2.38. The standard InChI is InChI=1S/C23H23BrCl2N4O5S/c1-3-34-22(31)13-30-20-6-4-5-19(16(20)12-28-30)29(2)36(32,33)15-10-17(24)23(27-11-15)35-21-8-7-14(25)9-18(21)26/h7-12,19H,3-6,13H2,1-2H3. The molecule has 0 bridgehead atoms. The van der Waals surface area contributed by atoms with Crippen molar-refractivity contribution in [3.63, 3.8) is 0 Å². The smallest absolute Gasteiger partial charge is 0.327 e. The molecule has 2 aromatic heterocycles. The Morgan fingerprint density at radius 3 is 2.75 bits per heavy atom. The van der Waals surface area contributed by atoms with Gasteiger partial charge in [0.05, 0.1) is 34.5 Å². The summed E-state index contributed by atoms with van der Waals surface area (Å²) in [6.07, 6.45) is 4.95. The number of fused-ring (bicyclic) bond motifs is 1. The fourth-order valence-electron chi connectivity index (χ4n) is 4.06. The van der Waals surface area contributed by atoms with E-state index in [9.17, 15) is 13.2 Å². The van der Waals surface area contributed by atoms with Crippen LogP contribution in [0, 0.1) is 0 Å². The Labute approximate surface area is 227 Å². The second-order valence-electron chi connectivity index (χ2n) is 8.07. The van der Waals surface area contributed by atoms with E-state index in [1.165, 1.54) is 29.7 Å². The minimum atomic E-state index is -3.92. The van der Waals surface area contributed by atoms with Crippen LogP contribution in [0.4, 0.5) is 0 Å². The Hall–Kier alpha value is -2.18. The molecule has 1 aliphatic carbocycles. The molecule has 0 saturated heterocycles. The molecule has 1 aromatic carbocycles. The van der Waals surface area contributed by atoms with Crippen molar-refractivity contribution in [1.82, 2.24) is 19.1 Å². The third-order valence-electron chi connectivity index (χ3n) is 5.81. The summed E-state index contributed by atoms with van der Waals surface area (Å²) in [6, 6.07) is 5.76. The molecule has 0 amide bonds. The molecular weight excluding hydrogens is 595 g/mol. The van der Waals surface area contributed by atoms with Gasteiger partial charge in [-0.1, -0.05) is 23.2 Å². The maximum Gasteiger partial charge on any atom is 0.327 e. The van der Waals surface area contributed by atoms with E-state index in [4.69, 9.17) is 32.7 Å². The lowest BCUT2D eigenvalue weighted by atomic mass is 9.93. The van der Waals surface area contributed by atoms with Crippen molar-refractivity contribution < 1.29 is 22.7 Å². The summed E-state index contributed by atoms with van der Waals surface area (Å²) in [5, 5.41) is 5.08. The maximum absolute atomic E-state index is 13.5. The number of aromatic nitrogens is 3. The second kappa shape index (κ2) is 11.1. The molecule has 0 N–H and O–H groups in total. The van der Waals surface area contributed by atoms with Crippen molar-refractivity contribution in [1.29, 1.82) is 0 Å². The van der Waals surface area contributed by atoms with Crippen molar-refractivity contribution in [3.8, 4) is 11.6 Å². The lowest BCUT2D eigenvalue weighted by molar-refractivity contribution is -0.144. The molecule has 1 aliphatic rings. The van der Waals surface area contributed by atoms with E-state index in [-0.39, 0.29) is 29.9 Å². The number of hydrogen-bond donors (Lipinski definition) is 0. The predicted octanol–water partition coefficient (Wildman–Crippen LogP) is 5.40. The number of pyridine rings is 1. The summed E-state index contributed by atoms with van der Waals surface area (Å²) in [7, 11) is -2.39. The Morgan fingerprint density at radius 2 is 2.06 bits per heavy atom. The molecule has 0 saturated carbocycles. The molecule has 36 heavy (non-hydrogen) atoms. The van der Waals surface area contributed by atoms with Crippen molar-refractivity contribution >= 4 is 55.1 Å². The number of ether oxygens (including phenoxy) is 2. The Balaban J connectivity index is 1.57. The Bertz CT molecular complexity index is 1400. The van der Waals surface area contributed by atoms with E-state index in [2.05, 4.69) is 26.0 Å². The van der Waals surface area contributed by atoms with Crippen LogP contribution in [-0.2, 0) is 32.5 Å². The van der Waals surface area contributed by atoms with Gasteiger partial charge in [-0.2, -0.15) is 9.40 Å². The zero-order valence-electron chi connectivity index (χ0n) is 19.4. The Kier molecular flexibility index (Phi) is 8.25.